The summed E-state index contributed by atoms with van der Waals surface area (Å²) in [6, 6.07) is -8.74. The molecule has 0 radical (unpaired) electrons. The van der Waals surface area contributed by atoms with E-state index in [4.69, 9.17) is 14.2 Å². The molecule has 1 aromatic rings. The second-order valence-corrected chi connectivity index (χ2v) is 29.0. The van der Waals surface area contributed by atoms with Crippen molar-refractivity contribution in [2.24, 2.45) is 41.4 Å². The number of esters is 1. The zero-order valence-corrected chi connectivity index (χ0v) is 64.0. The highest BCUT2D eigenvalue weighted by molar-refractivity contribution is 6.00. The summed E-state index contributed by atoms with van der Waals surface area (Å²) in [5, 5.41) is 20.2. The van der Waals surface area contributed by atoms with Crippen molar-refractivity contribution in [1.82, 2.24) is 55.6 Å². The van der Waals surface area contributed by atoms with Crippen LogP contribution in [0.3, 0.4) is 0 Å². The summed E-state index contributed by atoms with van der Waals surface area (Å²) < 4.78 is 16.4. The Bertz CT molecular complexity index is 3080. The first-order valence-electron chi connectivity index (χ1n) is 34.9. The monoisotopic (exact) mass is 1420 g/mol. The average molecular weight is 1420 g/mol. The first kappa shape index (κ1) is 88.4. The molecule has 568 valence electrons. The summed E-state index contributed by atoms with van der Waals surface area (Å²) in [4.78, 5) is 210. The van der Waals surface area contributed by atoms with Crippen LogP contribution in [0.2, 0.25) is 0 Å². The van der Waals surface area contributed by atoms with E-state index in [0.29, 0.717) is 0 Å². The van der Waals surface area contributed by atoms with E-state index in [9.17, 15) is 53.1 Å². The summed E-state index contributed by atoms with van der Waals surface area (Å²) in [6.07, 6.45) is 0.596. The normalized spacial score (nSPS) is 24.3. The Balaban J connectivity index is 3.09. The van der Waals surface area contributed by atoms with Crippen LogP contribution in [0.25, 0.3) is 0 Å². The molecular weight excluding hydrogens is 1310 g/mol. The molecule has 12 atom stereocenters. The number of rotatable bonds is 20. The minimum absolute atomic E-state index is 0.0524. The van der Waals surface area contributed by atoms with Crippen LogP contribution in [0.5, 0.6) is 0 Å². The zero-order chi connectivity index (χ0) is 77.5. The Labute approximate surface area is 597 Å². The molecule has 1 aliphatic rings. The molecule has 0 aromatic heterocycles. The van der Waals surface area contributed by atoms with E-state index >= 15 is 19.2 Å². The van der Waals surface area contributed by atoms with Gasteiger partial charge in [-0.2, -0.15) is 0 Å². The molecule has 29 nitrogen and oxygen atoms in total. The highest BCUT2D eigenvalue weighted by atomic mass is 16.8. The summed E-state index contributed by atoms with van der Waals surface area (Å²) in [5.41, 5.74) is -0.201. The lowest BCUT2D eigenvalue weighted by atomic mass is 9.91. The fraction of sp³-hybridized carbons (Fsp3) is 0.694. The number of hydrogen-bond donors (Lipinski definition) is 5. The van der Waals surface area contributed by atoms with E-state index in [-0.39, 0.29) is 73.3 Å². The highest BCUT2D eigenvalue weighted by Crippen LogP contribution is 2.27. The SMILES string of the molecule is C/C=C/C[C@@H](C)C(OC(=O)OCOC(=O)c1ccc(C(=O)O)cc1)C1C(=O)NC(CC)C(=O)N(C)CC(=O)N(C)[C@@H](CC(C)C)C(=O)NC(C(C)C)C(=O)N(C)C(CC(C)C)C(=O)NC(C)C(=O)NC(C)C(=O)N(C)C(CC(C)C)C(=O)N(C)C(CC(C)C)C(=O)N(C)C(C(C)C)C(=O)N1C. The van der Waals surface area contributed by atoms with Crippen molar-refractivity contribution < 1.29 is 86.4 Å². The quantitative estimate of drug-likeness (QED) is 0.0655. The van der Waals surface area contributed by atoms with E-state index in [1.165, 1.54) is 107 Å². The molecule has 1 aliphatic heterocycles. The summed E-state index contributed by atoms with van der Waals surface area (Å²) >= 11 is 0. The fourth-order valence-corrected chi connectivity index (χ4v) is 12.0. The number of allylic oxidation sites excluding steroid dienone is 2. The van der Waals surface area contributed by atoms with Crippen LogP contribution >= 0.6 is 0 Å². The molecule has 10 unspecified atom stereocenters. The van der Waals surface area contributed by atoms with Crippen molar-refractivity contribution in [3.63, 3.8) is 0 Å². The first-order valence-corrected chi connectivity index (χ1v) is 34.9. The molecule has 0 spiro atoms. The Morgan fingerprint density at radius 3 is 1.43 bits per heavy atom. The fourth-order valence-electron chi connectivity index (χ4n) is 12.0. The van der Waals surface area contributed by atoms with Gasteiger partial charge in [-0.1, -0.05) is 109 Å². The van der Waals surface area contributed by atoms with Gasteiger partial charge in [0, 0.05) is 49.3 Å². The van der Waals surface area contributed by atoms with Gasteiger partial charge in [0.1, 0.15) is 66.5 Å². The number of carboxylic acids is 1. The highest BCUT2D eigenvalue weighted by Gasteiger charge is 2.47. The predicted octanol–water partition coefficient (Wildman–Crippen LogP) is 4.94. The van der Waals surface area contributed by atoms with Crippen molar-refractivity contribution in [2.45, 2.75) is 223 Å². The average Bonchev–Trinajstić information content (AvgIpc) is 0.800. The van der Waals surface area contributed by atoms with Crippen molar-refractivity contribution >= 4 is 83.1 Å². The maximum Gasteiger partial charge on any atom is 0.511 e. The van der Waals surface area contributed by atoms with Crippen LogP contribution in [-0.2, 0) is 67.0 Å². The van der Waals surface area contributed by atoms with Crippen LogP contribution in [0.15, 0.2) is 36.4 Å². The molecule has 1 fully saturated rings. The Morgan fingerprint density at radius 2 is 0.950 bits per heavy atom. The van der Waals surface area contributed by atoms with Gasteiger partial charge >= 0.3 is 18.1 Å². The van der Waals surface area contributed by atoms with Gasteiger partial charge in [0.05, 0.1) is 17.7 Å². The Morgan fingerprint density at radius 1 is 0.505 bits per heavy atom. The van der Waals surface area contributed by atoms with E-state index in [0.717, 1.165) is 14.7 Å². The molecule has 29 heteroatoms. The van der Waals surface area contributed by atoms with E-state index < -0.39 is 181 Å². The van der Waals surface area contributed by atoms with E-state index in [1.54, 1.807) is 60.6 Å². The van der Waals surface area contributed by atoms with Gasteiger partial charge in [-0.15, -0.1) is 0 Å². The molecule has 0 bridgehead atoms. The number of carbonyl (C=O) groups is 14. The zero-order valence-electron chi connectivity index (χ0n) is 64.0. The number of ether oxygens (including phenoxy) is 3. The van der Waals surface area contributed by atoms with E-state index in [2.05, 4.69) is 21.3 Å². The Hall–Kier alpha value is -8.66. The van der Waals surface area contributed by atoms with Gasteiger partial charge in [-0.25, -0.2) is 14.4 Å². The molecule has 2 rings (SSSR count). The topological polar surface area (TPSA) is 358 Å². The van der Waals surface area contributed by atoms with Gasteiger partial charge in [-0.3, -0.25) is 52.7 Å². The third-order valence-corrected chi connectivity index (χ3v) is 18.0. The van der Waals surface area contributed by atoms with Crippen molar-refractivity contribution in [1.29, 1.82) is 0 Å². The molecular formula is C72H117N11O18. The molecule has 5 N–H and O–H groups in total. The second-order valence-electron chi connectivity index (χ2n) is 29.0. The van der Waals surface area contributed by atoms with Gasteiger partial charge < -0.3 is 74.9 Å². The molecule has 1 heterocycles. The predicted molar refractivity (Wildman–Crippen MR) is 377 cm³/mol. The van der Waals surface area contributed by atoms with Crippen LogP contribution in [0.4, 0.5) is 4.79 Å². The first-order chi connectivity index (χ1) is 46.9. The smallest absolute Gasteiger partial charge is 0.478 e. The minimum Gasteiger partial charge on any atom is -0.478 e. The maximum absolute atomic E-state index is 15.7. The van der Waals surface area contributed by atoms with Crippen molar-refractivity contribution in [2.75, 3.05) is 62.7 Å². The molecule has 101 heavy (non-hydrogen) atoms. The van der Waals surface area contributed by atoms with Crippen molar-refractivity contribution in [3.05, 3.63) is 47.5 Å². The van der Waals surface area contributed by atoms with Gasteiger partial charge in [-0.05, 0) is 125 Å². The summed E-state index contributed by atoms with van der Waals surface area (Å²) in [5.74, 6) is -13.6. The summed E-state index contributed by atoms with van der Waals surface area (Å²) in [7, 11) is 9.51. The number of carbonyl (C=O) groups excluding carboxylic acids is 13. The number of benzene rings is 1. The molecule has 0 saturated carbocycles. The van der Waals surface area contributed by atoms with Crippen LogP contribution in [0.1, 0.15) is 177 Å². The lowest BCUT2D eigenvalue weighted by molar-refractivity contribution is -0.158. The number of amides is 11. The standard InChI is InChI=1S/C72H117N11O18/c1-25-27-28-45(15)59(101-72(98)100-38-99-71(97)49-31-29-48(30-32-49)70(95)96)58-63(88)75-50(26-2)65(90)77(18)37-55(84)78(19)51(33-39(3)4)62(87)76-56(43(11)12)68(93)79(20)52(34-40(5)6)61(86)73-46(16)60(85)74-47(17)64(89)80(21)53(35-41(7)8)66(91)81(22)54(36-42(9)10)67(92)82(23)57(44(13)14)69(94)83(58)24/h25,27,29-32,39-47,50-54,56-59H,26,28,33-38H2,1-24H3,(H,73,86)(H,74,85)(H,75,88)(H,76,87)(H,95,96)/b27-25+/t45-,46?,47?,50?,51+,52?,53?,54?,56?,57?,58?,59?/m1/s1. The maximum atomic E-state index is 15.7. The number of carboxylic acid groups (broad SMARTS) is 1. The molecule has 0 aliphatic carbocycles. The third kappa shape index (κ3) is 25.4. The molecule has 1 saturated heterocycles. The third-order valence-electron chi connectivity index (χ3n) is 18.0. The number of nitrogens with one attached hydrogen (secondary N) is 4. The lowest BCUT2D eigenvalue weighted by Gasteiger charge is -2.42. The van der Waals surface area contributed by atoms with Crippen LogP contribution in [0, 0.1) is 41.4 Å². The lowest BCUT2D eigenvalue weighted by Crippen LogP contribution is -2.64. The van der Waals surface area contributed by atoms with Gasteiger partial charge in [0.2, 0.25) is 71.8 Å². The van der Waals surface area contributed by atoms with Gasteiger partial charge in [0.15, 0.2) is 0 Å². The molecule has 1 aromatic carbocycles. The van der Waals surface area contributed by atoms with Gasteiger partial charge in [0.25, 0.3) is 0 Å². The van der Waals surface area contributed by atoms with Crippen LogP contribution < -0.4 is 21.3 Å². The Kier molecular flexibility index (Phi) is 35.6. The molecule has 11 amide bonds. The largest absolute Gasteiger partial charge is 0.511 e. The number of aromatic carboxylic acids is 1. The summed E-state index contributed by atoms with van der Waals surface area (Å²) in [6.45, 7) is 27.4. The number of likely N-dealkylation sites (N-methyl/N-ethyl adjacent to an activating group) is 7. The van der Waals surface area contributed by atoms with E-state index in [1.807, 2.05) is 55.4 Å². The number of hydrogen-bond acceptors (Lipinski definition) is 17. The minimum atomic E-state index is -1.88. The van der Waals surface area contributed by atoms with Crippen LogP contribution in [-0.4, -0.2) is 252 Å². The second kappa shape index (κ2) is 40.7. The number of nitrogens with zero attached hydrogens (tertiary/aromatic N) is 7. The van der Waals surface area contributed by atoms with Crippen molar-refractivity contribution in [3.8, 4) is 0 Å².